The third kappa shape index (κ3) is 73.0. The summed E-state index contributed by atoms with van der Waals surface area (Å²) in [7, 11) is 0. The predicted molar refractivity (Wildman–Crippen MR) is 367 cm³/mol. The molecule has 0 radical (unpaired) electrons. The van der Waals surface area contributed by atoms with Crippen molar-refractivity contribution in [3.63, 3.8) is 0 Å². The molecule has 0 aromatic heterocycles. The number of allylic oxidation sites excluding steroid dienone is 2. The van der Waals surface area contributed by atoms with Gasteiger partial charge < -0.3 is 14.6 Å². The van der Waals surface area contributed by atoms with E-state index in [1.54, 1.807) is 0 Å². The molecular weight excluding hydrogens is 1020 g/mol. The molecule has 0 amide bonds. The Bertz CT molecular complexity index is 1230. The molecule has 0 aliphatic heterocycles. The SMILES string of the molecule is CCCCCCCCCC/C=C\CCCCCCCCCCCCCCCCCCCCCCCC(=O)OC(CO)COC(=O)CCCCCCCCCCCCCCCCCCCCCCCCCCCCCCCCCCCCCC. The molecule has 0 spiro atoms. The molecule has 0 saturated heterocycles. The van der Waals surface area contributed by atoms with Crippen LogP contribution in [-0.4, -0.2) is 36.4 Å². The Labute approximate surface area is 521 Å². The summed E-state index contributed by atoms with van der Waals surface area (Å²) >= 11 is 0. The Morgan fingerprint density at radius 1 is 0.265 bits per heavy atom. The van der Waals surface area contributed by atoms with Gasteiger partial charge in [0, 0.05) is 12.8 Å². The van der Waals surface area contributed by atoms with Gasteiger partial charge in [0.2, 0.25) is 0 Å². The van der Waals surface area contributed by atoms with Crippen molar-refractivity contribution in [2.45, 2.75) is 463 Å². The van der Waals surface area contributed by atoms with E-state index in [2.05, 4.69) is 26.0 Å². The minimum Gasteiger partial charge on any atom is -0.462 e. The Balaban J connectivity index is 3.34. The fraction of sp³-hybridized carbons (Fsp3) is 0.949. The maximum atomic E-state index is 12.4. The molecule has 5 nitrogen and oxygen atoms in total. The van der Waals surface area contributed by atoms with Crippen LogP contribution in [0.5, 0.6) is 0 Å². The molecule has 1 atom stereocenters. The van der Waals surface area contributed by atoms with E-state index >= 15 is 0 Å². The van der Waals surface area contributed by atoms with Crippen LogP contribution in [-0.2, 0) is 19.1 Å². The lowest BCUT2D eigenvalue weighted by atomic mass is 10.0. The molecule has 0 saturated carbocycles. The van der Waals surface area contributed by atoms with Crippen LogP contribution in [0.3, 0.4) is 0 Å². The van der Waals surface area contributed by atoms with Gasteiger partial charge in [0.1, 0.15) is 6.61 Å². The second kappa shape index (κ2) is 74.9. The molecule has 0 aromatic rings. The van der Waals surface area contributed by atoms with Crippen molar-refractivity contribution < 1.29 is 24.2 Å². The van der Waals surface area contributed by atoms with Gasteiger partial charge in [-0.05, 0) is 38.5 Å². The highest BCUT2D eigenvalue weighted by Crippen LogP contribution is 2.20. The first-order chi connectivity index (χ1) is 41.1. The zero-order chi connectivity index (χ0) is 59.8. The summed E-state index contributed by atoms with van der Waals surface area (Å²) in [6.45, 7) is 4.22. The summed E-state index contributed by atoms with van der Waals surface area (Å²) in [4.78, 5) is 24.7. The molecule has 0 heterocycles. The van der Waals surface area contributed by atoms with Gasteiger partial charge >= 0.3 is 11.9 Å². The third-order valence-electron chi connectivity index (χ3n) is 18.3. The topological polar surface area (TPSA) is 72.8 Å². The van der Waals surface area contributed by atoms with Gasteiger partial charge in [-0.3, -0.25) is 9.59 Å². The molecule has 1 N–H and O–H groups in total. The van der Waals surface area contributed by atoms with Crippen LogP contribution in [0.4, 0.5) is 0 Å². The lowest BCUT2D eigenvalue weighted by Gasteiger charge is -2.15. The molecule has 0 rings (SSSR count). The highest BCUT2D eigenvalue weighted by Gasteiger charge is 2.16. The first kappa shape index (κ1) is 81.6. The Morgan fingerprint density at radius 3 is 0.651 bits per heavy atom. The van der Waals surface area contributed by atoms with Crippen molar-refractivity contribution in [1.29, 1.82) is 0 Å². The molecule has 494 valence electrons. The lowest BCUT2D eigenvalue weighted by molar-refractivity contribution is -0.161. The average molecular weight is 1170 g/mol. The number of esters is 2. The average Bonchev–Trinajstić information content (AvgIpc) is 3.49. The number of hydrogen-bond donors (Lipinski definition) is 1. The standard InChI is InChI=1S/C78H152O5/c1-3-5-7-9-11-13-15-17-19-21-23-25-27-29-31-33-35-37-38-39-41-42-44-46-48-50-52-54-56-58-60-62-64-66-68-70-72-77(80)82-75-76(74-79)83-78(81)73-71-69-67-65-63-61-59-57-55-53-51-49-47-45-43-40-36-34-32-30-28-26-24-22-20-18-16-14-12-10-8-6-4-2/h22,24,76,79H,3-21,23,25-75H2,1-2H3/b24-22-. The van der Waals surface area contributed by atoms with E-state index in [1.807, 2.05) is 0 Å². The van der Waals surface area contributed by atoms with Gasteiger partial charge in [-0.25, -0.2) is 0 Å². The molecule has 1 unspecified atom stereocenters. The van der Waals surface area contributed by atoms with E-state index < -0.39 is 6.10 Å². The van der Waals surface area contributed by atoms with Crippen LogP contribution >= 0.6 is 0 Å². The molecule has 0 aromatic carbocycles. The van der Waals surface area contributed by atoms with E-state index in [9.17, 15) is 14.7 Å². The summed E-state index contributed by atoms with van der Waals surface area (Å²) in [6.07, 6.45) is 97.3. The molecular formula is C78H152O5. The summed E-state index contributed by atoms with van der Waals surface area (Å²) in [5.74, 6) is -0.558. The molecule has 0 aliphatic rings. The predicted octanol–water partition coefficient (Wildman–Crippen LogP) is 26.9. The second-order valence-electron chi connectivity index (χ2n) is 26.8. The number of aliphatic hydroxyl groups is 1. The summed E-state index contributed by atoms with van der Waals surface area (Å²) < 4.78 is 10.8. The maximum Gasteiger partial charge on any atom is 0.306 e. The minimum atomic E-state index is -0.768. The number of rotatable bonds is 74. The van der Waals surface area contributed by atoms with Crippen molar-refractivity contribution in [2.75, 3.05) is 13.2 Å². The van der Waals surface area contributed by atoms with Crippen LogP contribution in [0.2, 0.25) is 0 Å². The molecule has 0 bridgehead atoms. The van der Waals surface area contributed by atoms with Gasteiger partial charge in [0.25, 0.3) is 0 Å². The van der Waals surface area contributed by atoms with Crippen LogP contribution in [0.15, 0.2) is 12.2 Å². The minimum absolute atomic E-state index is 0.0563. The molecule has 0 aliphatic carbocycles. The van der Waals surface area contributed by atoms with Crippen molar-refractivity contribution in [3.05, 3.63) is 12.2 Å². The number of hydrogen-bond acceptors (Lipinski definition) is 5. The third-order valence-corrected chi connectivity index (χ3v) is 18.3. The lowest BCUT2D eigenvalue weighted by Crippen LogP contribution is -2.28. The van der Waals surface area contributed by atoms with E-state index in [0.717, 1.165) is 32.1 Å². The van der Waals surface area contributed by atoms with E-state index in [1.165, 1.54) is 398 Å². The zero-order valence-corrected chi connectivity index (χ0v) is 57.0. The van der Waals surface area contributed by atoms with E-state index in [4.69, 9.17) is 9.47 Å². The smallest absolute Gasteiger partial charge is 0.306 e. The normalized spacial score (nSPS) is 12.1. The highest BCUT2D eigenvalue weighted by atomic mass is 16.6. The summed E-state index contributed by atoms with van der Waals surface area (Å²) in [6, 6.07) is 0. The maximum absolute atomic E-state index is 12.4. The first-order valence-electron chi connectivity index (χ1n) is 38.7. The number of ether oxygens (including phenoxy) is 2. The van der Waals surface area contributed by atoms with Crippen molar-refractivity contribution in [1.82, 2.24) is 0 Å². The van der Waals surface area contributed by atoms with E-state index in [-0.39, 0.29) is 25.2 Å². The Morgan fingerprint density at radius 2 is 0.446 bits per heavy atom. The van der Waals surface area contributed by atoms with Gasteiger partial charge in [0.15, 0.2) is 6.10 Å². The fourth-order valence-corrected chi connectivity index (χ4v) is 12.5. The quantitative estimate of drug-likeness (QED) is 0.0373. The number of unbranched alkanes of at least 4 members (excludes halogenated alkanes) is 64. The van der Waals surface area contributed by atoms with Gasteiger partial charge in [-0.1, -0.05) is 418 Å². The molecule has 0 fully saturated rings. The largest absolute Gasteiger partial charge is 0.462 e. The van der Waals surface area contributed by atoms with Crippen LogP contribution in [0, 0.1) is 0 Å². The Kier molecular flexibility index (Phi) is 73.7. The second-order valence-corrected chi connectivity index (χ2v) is 26.8. The van der Waals surface area contributed by atoms with Crippen molar-refractivity contribution in [2.24, 2.45) is 0 Å². The number of aliphatic hydroxyl groups excluding tert-OH is 1. The van der Waals surface area contributed by atoms with Crippen LogP contribution < -0.4 is 0 Å². The van der Waals surface area contributed by atoms with Gasteiger partial charge in [0.05, 0.1) is 6.61 Å². The summed E-state index contributed by atoms with van der Waals surface area (Å²) in [5, 5.41) is 9.72. The van der Waals surface area contributed by atoms with E-state index in [0.29, 0.717) is 12.8 Å². The Hall–Kier alpha value is -1.36. The molecule has 5 heteroatoms. The fourth-order valence-electron chi connectivity index (χ4n) is 12.5. The molecule has 83 heavy (non-hydrogen) atoms. The monoisotopic (exact) mass is 1170 g/mol. The zero-order valence-electron chi connectivity index (χ0n) is 57.0. The van der Waals surface area contributed by atoms with Crippen molar-refractivity contribution in [3.8, 4) is 0 Å². The number of carbonyl (C=O) groups is 2. The van der Waals surface area contributed by atoms with Crippen LogP contribution in [0.1, 0.15) is 457 Å². The van der Waals surface area contributed by atoms with Crippen molar-refractivity contribution >= 4 is 11.9 Å². The van der Waals surface area contributed by atoms with Gasteiger partial charge in [-0.15, -0.1) is 0 Å². The van der Waals surface area contributed by atoms with Gasteiger partial charge in [-0.2, -0.15) is 0 Å². The highest BCUT2D eigenvalue weighted by molar-refractivity contribution is 5.70. The number of carbonyl (C=O) groups excluding carboxylic acids is 2. The summed E-state index contributed by atoms with van der Waals surface area (Å²) in [5.41, 5.74) is 0. The first-order valence-corrected chi connectivity index (χ1v) is 38.7. The van der Waals surface area contributed by atoms with Crippen LogP contribution in [0.25, 0.3) is 0 Å².